The quantitative estimate of drug-likeness (QED) is 0.691. The molecule has 0 aliphatic heterocycles. The van der Waals surface area contributed by atoms with E-state index in [4.69, 9.17) is 0 Å². The molecule has 0 unspecified atom stereocenters. The Kier molecular flexibility index (Phi) is 10.3. The molecule has 104 valence electrons. The molecule has 0 aliphatic rings. The molecule has 1 heterocycles. The second kappa shape index (κ2) is 10.9. The Morgan fingerprint density at radius 2 is 1.89 bits per heavy atom. The molecule has 2 aromatic rings. The van der Waals surface area contributed by atoms with E-state index in [1.54, 1.807) is 20.0 Å². The van der Waals surface area contributed by atoms with Gasteiger partial charge in [0.15, 0.2) is 0 Å². The maximum Gasteiger partial charge on any atom is 2.00 e. The molecule has 19 heavy (non-hydrogen) atoms. The number of pyridine rings is 1. The van der Waals surface area contributed by atoms with Gasteiger partial charge in [-0.1, -0.05) is 12.1 Å². The SMILES string of the molecule is CO[CH-]N(C)C.[Pt+2].[c-]1ccccc1-c1ccccn1. The second-order valence-electron chi connectivity index (χ2n) is 3.80. The summed E-state index contributed by atoms with van der Waals surface area (Å²) in [5.74, 6) is 0. The van der Waals surface area contributed by atoms with Gasteiger partial charge in [-0.3, -0.25) is 0 Å². The van der Waals surface area contributed by atoms with Crippen LogP contribution in [0.3, 0.4) is 0 Å². The monoisotopic (exact) mass is 437 g/mol. The minimum Gasteiger partial charge on any atom is -0.539 e. The largest absolute Gasteiger partial charge is 2.00 e. The minimum absolute atomic E-state index is 0. The number of methoxy groups -OCH3 is 1. The number of aromatic nitrogens is 1. The van der Waals surface area contributed by atoms with Gasteiger partial charge >= 0.3 is 21.1 Å². The van der Waals surface area contributed by atoms with Crippen LogP contribution in [0.5, 0.6) is 0 Å². The molecule has 3 nitrogen and oxygen atoms in total. The van der Waals surface area contributed by atoms with Crippen molar-refractivity contribution >= 4 is 0 Å². The van der Waals surface area contributed by atoms with Crippen LogP contribution in [0.2, 0.25) is 0 Å². The van der Waals surface area contributed by atoms with E-state index in [-0.39, 0.29) is 21.1 Å². The fourth-order valence-corrected chi connectivity index (χ4v) is 1.29. The summed E-state index contributed by atoms with van der Waals surface area (Å²) in [5.41, 5.74) is 2.01. The van der Waals surface area contributed by atoms with Crippen LogP contribution >= 0.6 is 0 Å². The topological polar surface area (TPSA) is 25.4 Å². The third kappa shape index (κ3) is 7.89. The Bertz CT molecular complexity index is 383. The van der Waals surface area contributed by atoms with Crippen molar-refractivity contribution in [2.45, 2.75) is 0 Å². The zero-order valence-electron chi connectivity index (χ0n) is 11.3. The summed E-state index contributed by atoms with van der Waals surface area (Å²) in [6, 6.07) is 16.8. The Labute approximate surface area is 129 Å². The molecule has 0 spiro atoms. The van der Waals surface area contributed by atoms with E-state index < -0.39 is 0 Å². The van der Waals surface area contributed by atoms with Gasteiger partial charge in [0.05, 0.1) is 0 Å². The molecule has 0 aliphatic carbocycles. The van der Waals surface area contributed by atoms with Crippen molar-refractivity contribution in [3.05, 3.63) is 61.5 Å². The number of ether oxygens (including phenoxy) is 1. The van der Waals surface area contributed by atoms with E-state index >= 15 is 0 Å². The van der Waals surface area contributed by atoms with Gasteiger partial charge in [-0.25, -0.2) is 0 Å². The fourth-order valence-electron chi connectivity index (χ4n) is 1.29. The molecule has 1 aromatic heterocycles. The van der Waals surface area contributed by atoms with Crippen LogP contribution in [0, 0.1) is 12.8 Å². The van der Waals surface area contributed by atoms with Gasteiger partial charge in [0, 0.05) is 13.3 Å². The molecule has 0 bridgehead atoms. The predicted octanol–water partition coefficient (Wildman–Crippen LogP) is 2.86. The third-order valence-corrected chi connectivity index (χ3v) is 1.97. The molecular weight excluding hydrogens is 419 g/mol. The van der Waals surface area contributed by atoms with Crippen molar-refractivity contribution in [3.63, 3.8) is 0 Å². The average Bonchev–Trinajstić information content (AvgIpc) is 2.41. The molecule has 0 saturated heterocycles. The average molecular weight is 437 g/mol. The molecule has 0 fully saturated rings. The summed E-state index contributed by atoms with van der Waals surface area (Å²) in [6.45, 7) is 1.62. The molecule has 1 aromatic carbocycles. The fraction of sp³-hybridized carbons (Fsp3) is 0.200. The number of nitrogens with zero attached hydrogens (tertiary/aromatic N) is 2. The van der Waals surface area contributed by atoms with Crippen molar-refractivity contribution in [2.75, 3.05) is 21.2 Å². The van der Waals surface area contributed by atoms with E-state index in [2.05, 4.69) is 15.8 Å². The van der Waals surface area contributed by atoms with Crippen LogP contribution in [0.15, 0.2) is 48.7 Å². The van der Waals surface area contributed by atoms with Crippen molar-refractivity contribution < 1.29 is 25.8 Å². The standard InChI is InChI=1S/C11H8N.C4H10NO.Pt/c1-2-6-10(7-3-1)11-8-4-5-9-12-11;1-5(2)4-6-3;/h1-6,8-9H;4H,1-3H3;/q2*-1;+2. The molecule has 2 rings (SSSR count). The maximum absolute atomic E-state index is 4.60. The molecule has 0 N–H and O–H groups in total. The number of hydrogen-bond acceptors (Lipinski definition) is 3. The predicted molar refractivity (Wildman–Crippen MR) is 73.5 cm³/mol. The van der Waals surface area contributed by atoms with Crippen molar-refractivity contribution in [1.29, 1.82) is 0 Å². The molecular formula is C15H18N2OPt. The van der Waals surface area contributed by atoms with Crippen molar-refractivity contribution in [2.24, 2.45) is 0 Å². The van der Waals surface area contributed by atoms with Crippen LogP contribution < -0.4 is 0 Å². The van der Waals surface area contributed by atoms with E-state index in [9.17, 15) is 0 Å². The minimum atomic E-state index is 0. The van der Waals surface area contributed by atoms with Gasteiger partial charge in [0.25, 0.3) is 0 Å². The van der Waals surface area contributed by atoms with Gasteiger partial charge in [-0.2, -0.15) is 6.73 Å². The molecule has 0 amide bonds. The van der Waals surface area contributed by atoms with Gasteiger partial charge in [0.2, 0.25) is 0 Å². The first kappa shape index (κ1) is 18.0. The third-order valence-electron chi connectivity index (χ3n) is 1.97. The molecule has 4 heteroatoms. The summed E-state index contributed by atoms with van der Waals surface area (Å²) < 4.78 is 4.60. The van der Waals surface area contributed by atoms with Gasteiger partial charge < -0.3 is 14.6 Å². The number of rotatable bonds is 3. The summed E-state index contributed by atoms with van der Waals surface area (Å²) in [5, 5.41) is 0. The van der Waals surface area contributed by atoms with E-state index in [1.165, 1.54) is 0 Å². The van der Waals surface area contributed by atoms with Gasteiger partial charge in [0.1, 0.15) is 0 Å². The second-order valence-corrected chi connectivity index (χ2v) is 3.80. The van der Waals surface area contributed by atoms with Crippen LogP contribution in [0.4, 0.5) is 0 Å². The Hall–Kier alpha value is -1.02. The van der Waals surface area contributed by atoms with E-state index in [0.29, 0.717) is 0 Å². The number of benzene rings is 1. The van der Waals surface area contributed by atoms with Gasteiger partial charge in [-0.15, -0.1) is 35.9 Å². The summed E-state index contributed by atoms with van der Waals surface area (Å²) in [6.07, 6.45) is 1.79. The van der Waals surface area contributed by atoms with Crippen LogP contribution in [-0.2, 0) is 25.8 Å². The summed E-state index contributed by atoms with van der Waals surface area (Å²) in [4.78, 5) is 6.05. The normalized spacial score (nSPS) is 9.26. The molecule has 0 atom stereocenters. The smallest absolute Gasteiger partial charge is 0.539 e. The first-order valence-corrected chi connectivity index (χ1v) is 5.64. The van der Waals surface area contributed by atoms with Crippen LogP contribution in [0.1, 0.15) is 0 Å². The Morgan fingerprint density at radius 1 is 1.16 bits per heavy atom. The Morgan fingerprint density at radius 3 is 2.32 bits per heavy atom. The Balaban J connectivity index is 0.000000404. The summed E-state index contributed by atoms with van der Waals surface area (Å²) >= 11 is 0. The molecule has 0 saturated carbocycles. The summed E-state index contributed by atoms with van der Waals surface area (Å²) in [7, 11) is 5.44. The molecule has 0 radical (unpaired) electrons. The van der Waals surface area contributed by atoms with Crippen molar-refractivity contribution in [1.82, 2.24) is 9.88 Å². The zero-order valence-corrected chi connectivity index (χ0v) is 13.6. The maximum atomic E-state index is 4.60. The first-order chi connectivity index (χ1) is 8.74. The van der Waals surface area contributed by atoms with E-state index in [0.717, 1.165) is 11.3 Å². The van der Waals surface area contributed by atoms with Crippen LogP contribution in [0.25, 0.3) is 11.3 Å². The van der Waals surface area contributed by atoms with Crippen molar-refractivity contribution in [3.8, 4) is 11.3 Å². The van der Waals surface area contributed by atoms with E-state index in [1.807, 2.05) is 61.5 Å². The first-order valence-electron chi connectivity index (χ1n) is 5.64. The zero-order chi connectivity index (χ0) is 13.2. The van der Waals surface area contributed by atoms with Gasteiger partial charge in [-0.05, 0) is 25.9 Å². The number of hydrogen-bond donors (Lipinski definition) is 0. The van der Waals surface area contributed by atoms with Crippen LogP contribution in [-0.4, -0.2) is 31.1 Å².